The molecule has 0 aromatic carbocycles. The predicted octanol–water partition coefficient (Wildman–Crippen LogP) is 1.46. The highest BCUT2D eigenvalue weighted by Crippen LogP contribution is 2.15. The normalized spacial score (nSPS) is 12.3. The number of hydrogen-bond acceptors (Lipinski definition) is 1. The average molecular weight is 159 g/mol. The summed E-state index contributed by atoms with van der Waals surface area (Å²) in [6.07, 6.45) is 6.01. The first-order chi connectivity index (χ1) is 4.62. The van der Waals surface area contributed by atoms with Gasteiger partial charge in [0.25, 0.3) is 0 Å². The molecule has 0 aromatic rings. The van der Waals surface area contributed by atoms with Crippen molar-refractivity contribution in [1.82, 2.24) is 0 Å². The quantitative estimate of drug-likeness (QED) is 0.436. The van der Waals surface area contributed by atoms with Gasteiger partial charge in [-0.15, -0.1) is 0 Å². The highest BCUT2D eigenvalue weighted by atomic mass is 28.2. The van der Waals surface area contributed by atoms with Crippen molar-refractivity contribution in [3.8, 4) is 0 Å². The number of hydrogen-bond donors (Lipinski definition) is 0. The topological polar surface area (TPSA) is 9.23 Å². The van der Waals surface area contributed by atoms with Gasteiger partial charge < -0.3 is 4.43 Å². The van der Waals surface area contributed by atoms with Crippen LogP contribution in [0.1, 0.15) is 40.0 Å². The highest BCUT2D eigenvalue weighted by Gasteiger charge is 2.14. The molecular formula is C8H19OSi. The maximum absolute atomic E-state index is 5.37. The molecule has 0 aliphatic carbocycles. The van der Waals surface area contributed by atoms with Crippen LogP contribution < -0.4 is 0 Å². The van der Waals surface area contributed by atoms with Crippen molar-refractivity contribution in [3.63, 3.8) is 0 Å². The SMILES string of the molecule is CCCC[CH]C(C)(C)O[SiH3]. The van der Waals surface area contributed by atoms with E-state index in [0.29, 0.717) is 0 Å². The Morgan fingerprint density at radius 2 is 2.10 bits per heavy atom. The van der Waals surface area contributed by atoms with E-state index >= 15 is 0 Å². The highest BCUT2D eigenvalue weighted by molar-refractivity contribution is 5.98. The van der Waals surface area contributed by atoms with Crippen molar-refractivity contribution >= 4 is 10.5 Å². The molecule has 0 spiro atoms. The monoisotopic (exact) mass is 159 g/mol. The van der Waals surface area contributed by atoms with Gasteiger partial charge in [-0.25, -0.2) is 0 Å². The molecule has 1 nitrogen and oxygen atoms in total. The zero-order valence-corrected chi connectivity index (χ0v) is 9.61. The summed E-state index contributed by atoms with van der Waals surface area (Å²) in [5.74, 6) is 0. The van der Waals surface area contributed by atoms with Gasteiger partial charge in [-0.1, -0.05) is 19.8 Å². The fourth-order valence-corrected chi connectivity index (χ4v) is 0.904. The molecule has 0 atom stereocenters. The third-order valence-electron chi connectivity index (χ3n) is 1.72. The first kappa shape index (κ1) is 10.2. The number of rotatable bonds is 5. The van der Waals surface area contributed by atoms with E-state index in [9.17, 15) is 0 Å². The maximum Gasteiger partial charge on any atom is 0.146 e. The summed E-state index contributed by atoms with van der Waals surface area (Å²) in [6.45, 7) is 6.45. The minimum atomic E-state index is 0.0292. The van der Waals surface area contributed by atoms with Crippen LogP contribution in [0.15, 0.2) is 0 Å². The lowest BCUT2D eigenvalue weighted by atomic mass is 10.0. The van der Waals surface area contributed by atoms with Gasteiger partial charge >= 0.3 is 0 Å². The minimum Gasteiger partial charge on any atom is -0.423 e. The molecule has 0 unspecified atom stereocenters. The molecule has 0 aliphatic heterocycles. The molecule has 2 heteroatoms. The summed E-state index contributed by atoms with van der Waals surface area (Å²) in [5.41, 5.74) is 0.0292. The molecule has 0 bridgehead atoms. The van der Waals surface area contributed by atoms with Crippen LogP contribution in [-0.4, -0.2) is 16.1 Å². The second-order valence-corrected chi connectivity index (χ2v) is 3.56. The third kappa shape index (κ3) is 5.00. The van der Waals surface area contributed by atoms with E-state index < -0.39 is 0 Å². The molecule has 0 aliphatic rings. The summed E-state index contributed by atoms with van der Waals surface area (Å²) in [5, 5.41) is 0. The van der Waals surface area contributed by atoms with Crippen molar-refractivity contribution in [2.45, 2.75) is 45.6 Å². The first-order valence-corrected chi connectivity index (χ1v) is 4.83. The van der Waals surface area contributed by atoms with Crippen LogP contribution in [0.2, 0.25) is 0 Å². The first-order valence-electron chi connectivity index (χ1n) is 4.02. The van der Waals surface area contributed by atoms with Crippen molar-refractivity contribution in [2.75, 3.05) is 0 Å². The lowest BCUT2D eigenvalue weighted by molar-refractivity contribution is 0.156. The molecule has 0 heterocycles. The predicted molar refractivity (Wildman–Crippen MR) is 48.9 cm³/mol. The van der Waals surface area contributed by atoms with Gasteiger partial charge in [-0.2, -0.15) is 0 Å². The Balaban J connectivity index is 3.28. The van der Waals surface area contributed by atoms with Gasteiger partial charge in [-0.3, -0.25) is 0 Å². The van der Waals surface area contributed by atoms with E-state index in [1.54, 1.807) is 0 Å². The maximum atomic E-state index is 5.37. The molecule has 0 rings (SSSR count). The second-order valence-electron chi connectivity index (χ2n) is 3.15. The van der Waals surface area contributed by atoms with Crippen LogP contribution in [0.3, 0.4) is 0 Å². The van der Waals surface area contributed by atoms with Crippen molar-refractivity contribution in [2.24, 2.45) is 0 Å². The molecular weight excluding hydrogens is 140 g/mol. The fourth-order valence-electron chi connectivity index (χ4n) is 0.737. The molecule has 0 aromatic heterocycles. The Morgan fingerprint density at radius 3 is 2.50 bits per heavy atom. The standard InChI is InChI=1S/C8H19OSi/c1-4-5-6-7-8(2,3)9-10/h7H,4-6H2,1-3,10H3. The Hall–Kier alpha value is 0.177. The zero-order chi connectivity index (χ0) is 8.04. The smallest absolute Gasteiger partial charge is 0.146 e. The van der Waals surface area contributed by atoms with Crippen LogP contribution >= 0.6 is 0 Å². The molecule has 1 radical (unpaired) electrons. The van der Waals surface area contributed by atoms with E-state index in [2.05, 4.69) is 27.2 Å². The summed E-state index contributed by atoms with van der Waals surface area (Å²) in [4.78, 5) is 0. The Kier molecular flexibility index (Phi) is 5.00. The van der Waals surface area contributed by atoms with Gasteiger partial charge in [0.1, 0.15) is 10.5 Å². The second kappa shape index (κ2) is 4.91. The summed E-state index contributed by atoms with van der Waals surface area (Å²) >= 11 is 0. The molecule has 0 saturated carbocycles. The van der Waals surface area contributed by atoms with Crippen LogP contribution in [0.25, 0.3) is 0 Å². The third-order valence-corrected chi connectivity index (χ3v) is 2.77. The van der Waals surface area contributed by atoms with Crippen LogP contribution in [0, 0.1) is 6.42 Å². The van der Waals surface area contributed by atoms with E-state index in [1.165, 1.54) is 19.3 Å². The summed E-state index contributed by atoms with van der Waals surface area (Å²) < 4.78 is 5.37. The Labute approximate surface area is 67.7 Å². The van der Waals surface area contributed by atoms with Gasteiger partial charge in [0.2, 0.25) is 0 Å². The molecule has 0 fully saturated rings. The largest absolute Gasteiger partial charge is 0.423 e. The van der Waals surface area contributed by atoms with Crippen LogP contribution in [0.4, 0.5) is 0 Å². The average Bonchev–Trinajstić information content (AvgIpc) is 1.89. The summed E-state index contributed by atoms with van der Waals surface area (Å²) in [7, 11) is 0.834. The van der Waals surface area contributed by atoms with Gasteiger partial charge in [0.15, 0.2) is 0 Å². The van der Waals surface area contributed by atoms with E-state index in [0.717, 1.165) is 10.5 Å². The lowest BCUT2D eigenvalue weighted by Crippen LogP contribution is -2.23. The van der Waals surface area contributed by atoms with Gasteiger partial charge in [0.05, 0.1) is 5.60 Å². The molecule has 10 heavy (non-hydrogen) atoms. The lowest BCUT2D eigenvalue weighted by Gasteiger charge is -2.22. The fraction of sp³-hybridized carbons (Fsp3) is 0.875. The Morgan fingerprint density at radius 1 is 1.50 bits per heavy atom. The molecule has 61 valence electrons. The Bertz CT molecular complexity index is 81.3. The molecule has 0 N–H and O–H groups in total. The zero-order valence-electron chi connectivity index (χ0n) is 7.61. The minimum absolute atomic E-state index is 0.0292. The van der Waals surface area contributed by atoms with Crippen LogP contribution in [-0.2, 0) is 4.43 Å². The van der Waals surface area contributed by atoms with Crippen LogP contribution in [0.5, 0.6) is 0 Å². The van der Waals surface area contributed by atoms with Crippen molar-refractivity contribution in [1.29, 1.82) is 0 Å². The molecule has 0 amide bonds. The van der Waals surface area contributed by atoms with E-state index in [4.69, 9.17) is 4.43 Å². The number of unbranched alkanes of at least 4 members (excludes halogenated alkanes) is 2. The van der Waals surface area contributed by atoms with Gasteiger partial charge in [-0.05, 0) is 26.7 Å². The van der Waals surface area contributed by atoms with E-state index in [-0.39, 0.29) is 5.60 Å². The summed E-state index contributed by atoms with van der Waals surface area (Å²) in [6, 6.07) is 0. The van der Waals surface area contributed by atoms with E-state index in [1.807, 2.05) is 0 Å². The van der Waals surface area contributed by atoms with Crippen molar-refractivity contribution in [3.05, 3.63) is 6.42 Å². The molecule has 0 saturated heterocycles. The van der Waals surface area contributed by atoms with Gasteiger partial charge in [0, 0.05) is 0 Å². The van der Waals surface area contributed by atoms with Crippen molar-refractivity contribution < 1.29 is 4.43 Å².